The lowest BCUT2D eigenvalue weighted by Crippen LogP contribution is -2.52. The number of nitrogens with one attached hydrogen (secondary N) is 1. The summed E-state index contributed by atoms with van der Waals surface area (Å²) in [4.78, 5) is 0.153. The molecule has 1 saturated heterocycles. The molecule has 2 N–H and O–H groups in total. The fraction of sp³-hybridized carbons (Fsp3) is 0.625. The Balaban J connectivity index is 2.21. The van der Waals surface area contributed by atoms with Crippen molar-refractivity contribution >= 4 is 17.3 Å². The third-order valence-electron chi connectivity index (χ3n) is 5.26. The first kappa shape index (κ1) is 19.4. The molecule has 6 nitrogen and oxygen atoms in total. The van der Waals surface area contributed by atoms with E-state index in [1.807, 2.05) is 34.6 Å². The molecular formula is C16H26BNO5S. The quantitative estimate of drug-likeness (QED) is 0.760. The van der Waals surface area contributed by atoms with E-state index in [2.05, 4.69) is 4.63 Å². The zero-order valence-electron chi connectivity index (χ0n) is 14.8. The summed E-state index contributed by atoms with van der Waals surface area (Å²) in [5.74, 6) is -0.0499. The van der Waals surface area contributed by atoms with Crippen LogP contribution in [0, 0.1) is 11.8 Å². The molecule has 2 rings (SSSR count). The summed E-state index contributed by atoms with van der Waals surface area (Å²) in [5.41, 5.74) is -1.47. The summed E-state index contributed by atoms with van der Waals surface area (Å²) in [6.45, 7) is 9.54. The molecule has 0 bridgehead atoms. The monoisotopic (exact) mass is 355 g/mol. The lowest BCUT2D eigenvalue weighted by Gasteiger charge is -2.43. The number of rotatable bonds is 6. The van der Waals surface area contributed by atoms with Gasteiger partial charge in [-0.2, -0.15) is 4.63 Å². The average molecular weight is 355 g/mol. The fourth-order valence-corrected chi connectivity index (χ4v) is 3.97. The van der Waals surface area contributed by atoms with Crippen molar-refractivity contribution in [3.05, 3.63) is 30.3 Å². The summed E-state index contributed by atoms with van der Waals surface area (Å²) in [7, 11) is -4.83. The average Bonchev–Trinajstić information content (AvgIpc) is 2.75. The maximum atomic E-state index is 12.5. The van der Waals surface area contributed by atoms with Crippen molar-refractivity contribution in [2.45, 2.75) is 50.7 Å². The van der Waals surface area contributed by atoms with Crippen molar-refractivity contribution in [3.8, 4) is 0 Å². The zero-order chi connectivity index (χ0) is 18.2. The van der Waals surface area contributed by atoms with E-state index >= 15 is 0 Å². The third-order valence-corrected chi connectivity index (χ3v) is 6.66. The van der Waals surface area contributed by atoms with E-state index in [9.17, 15) is 13.5 Å². The molecule has 0 radical (unpaired) electrons. The number of sulfonamides is 1. The van der Waals surface area contributed by atoms with Gasteiger partial charge in [0.15, 0.2) is 0 Å². The van der Waals surface area contributed by atoms with Crippen molar-refractivity contribution in [1.29, 1.82) is 0 Å². The predicted octanol–water partition coefficient (Wildman–Crippen LogP) is 1.80. The molecule has 24 heavy (non-hydrogen) atoms. The van der Waals surface area contributed by atoms with Gasteiger partial charge in [-0.15, -0.1) is 0 Å². The van der Waals surface area contributed by atoms with Crippen molar-refractivity contribution < 1.29 is 22.8 Å². The Morgan fingerprint density at radius 3 is 2.29 bits per heavy atom. The third kappa shape index (κ3) is 3.53. The van der Waals surface area contributed by atoms with Crippen LogP contribution in [-0.2, 0) is 19.3 Å². The number of hydrogen-bond donors (Lipinski definition) is 2. The van der Waals surface area contributed by atoms with Gasteiger partial charge >= 0.3 is 7.25 Å². The molecule has 134 valence electrons. The van der Waals surface area contributed by atoms with Gasteiger partial charge in [0.05, 0.1) is 16.1 Å². The summed E-state index contributed by atoms with van der Waals surface area (Å²) in [6, 6.07) is 8.09. The van der Waals surface area contributed by atoms with E-state index in [4.69, 9.17) is 9.31 Å². The highest BCUT2D eigenvalue weighted by atomic mass is 32.2. The van der Waals surface area contributed by atoms with Crippen molar-refractivity contribution in [2.75, 3.05) is 6.61 Å². The minimum Gasteiger partial charge on any atom is -0.396 e. The van der Waals surface area contributed by atoms with Gasteiger partial charge in [-0.05, 0) is 44.7 Å². The van der Waals surface area contributed by atoms with Gasteiger partial charge in [0.1, 0.15) is 0 Å². The van der Waals surface area contributed by atoms with Crippen molar-refractivity contribution in [1.82, 2.24) is 4.63 Å². The van der Waals surface area contributed by atoms with Gasteiger partial charge in [0.25, 0.3) is 0 Å². The topological polar surface area (TPSA) is 84.9 Å². The molecule has 1 aromatic carbocycles. The molecule has 1 fully saturated rings. The predicted molar refractivity (Wildman–Crippen MR) is 92.6 cm³/mol. The highest BCUT2D eigenvalue weighted by Gasteiger charge is 2.58. The van der Waals surface area contributed by atoms with E-state index in [0.29, 0.717) is 0 Å². The molecule has 3 unspecified atom stereocenters. The van der Waals surface area contributed by atoms with Crippen LogP contribution in [0.4, 0.5) is 0 Å². The van der Waals surface area contributed by atoms with E-state index < -0.39 is 28.5 Å². The van der Waals surface area contributed by atoms with Gasteiger partial charge in [-0.1, -0.05) is 32.0 Å². The Hall–Kier alpha value is -0.925. The van der Waals surface area contributed by atoms with Crippen LogP contribution in [0.3, 0.4) is 0 Å². The molecule has 3 atom stereocenters. The summed E-state index contributed by atoms with van der Waals surface area (Å²) in [6.07, 6.45) is 0. The van der Waals surface area contributed by atoms with Crippen molar-refractivity contribution in [3.63, 3.8) is 0 Å². The molecule has 0 amide bonds. The van der Waals surface area contributed by atoms with Crippen LogP contribution in [0.1, 0.15) is 34.6 Å². The van der Waals surface area contributed by atoms with Crippen LogP contribution in [0.5, 0.6) is 0 Å². The molecule has 1 heterocycles. The molecule has 1 aliphatic heterocycles. The van der Waals surface area contributed by atoms with Gasteiger partial charge in [0.2, 0.25) is 10.0 Å². The van der Waals surface area contributed by atoms with E-state index in [1.54, 1.807) is 18.2 Å². The summed E-state index contributed by atoms with van der Waals surface area (Å²) < 4.78 is 39.2. The highest BCUT2D eigenvalue weighted by molar-refractivity contribution is 7.90. The Morgan fingerprint density at radius 2 is 1.75 bits per heavy atom. The molecule has 0 aromatic heterocycles. The Kier molecular flexibility index (Phi) is 5.47. The first-order valence-corrected chi connectivity index (χ1v) is 9.55. The molecule has 1 aromatic rings. The second-order valence-corrected chi connectivity index (χ2v) is 8.78. The highest BCUT2D eigenvalue weighted by Crippen LogP contribution is 2.44. The molecule has 0 spiro atoms. The van der Waals surface area contributed by atoms with Crippen LogP contribution in [0.15, 0.2) is 35.2 Å². The number of benzene rings is 1. The number of aliphatic hydroxyl groups excluding tert-OH is 1. The second kappa shape index (κ2) is 6.76. The SMILES string of the molecule is CC(CO)C(C)C1(C)OB(NS(=O)(=O)c2ccccc2)OC1(C)C. The largest absolute Gasteiger partial charge is 0.570 e. The molecule has 8 heteroatoms. The van der Waals surface area contributed by atoms with Crippen LogP contribution >= 0.6 is 0 Å². The molecule has 0 aliphatic carbocycles. The Bertz CT molecular complexity index is 666. The van der Waals surface area contributed by atoms with Crippen molar-refractivity contribution in [2.24, 2.45) is 11.8 Å². The van der Waals surface area contributed by atoms with Crippen LogP contribution in [-0.4, -0.2) is 38.6 Å². The van der Waals surface area contributed by atoms with E-state index in [0.717, 1.165) is 0 Å². The normalized spacial score (nSPS) is 26.3. The first-order chi connectivity index (χ1) is 11.0. The van der Waals surface area contributed by atoms with E-state index in [1.165, 1.54) is 12.1 Å². The Morgan fingerprint density at radius 1 is 1.17 bits per heavy atom. The molecule has 1 aliphatic rings. The number of hydrogen-bond acceptors (Lipinski definition) is 5. The lowest BCUT2D eigenvalue weighted by atomic mass is 9.73. The lowest BCUT2D eigenvalue weighted by molar-refractivity contribution is -0.0704. The van der Waals surface area contributed by atoms with Gasteiger partial charge < -0.3 is 14.4 Å². The van der Waals surface area contributed by atoms with Gasteiger partial charge in [-0.3, -0.25) is 0 Å². The van der Waals surface area contributed by atoms with Gasteiger partial charge in [-0.25, -0.2) is 8.42 Å². The fourth-order valence-electron chi connectivity index (χ4n) is 2.97. The molecular weight excluding hydrogens is 329 g/mol. The minimum atomic E-state index is -3.74. The van der Waals surface area contributed by atoms with Crippen LogP contribution < -0.4 is 4.63 Å². The van der Waals surface area contributed by atoms with E-state index in [-0.39, 0.29) is 23.3 Å². The standard InChI is InChI=1S/C16H26BNO5S/c1-12(11-19)13(2)16(5)15(3,4)22-17(23-16)18-24(20,21)14-9-7-6-8-10-14/h6-10,12-13,18-19H,11H2,1-5H3. The zero-order valence-corrected chi connectivity index (χ0v) is 15.6. The first-order valence-electron chi connectivity index (χ1n) is 8.07. The second-order valence-electron chi connectivity index (χ2n) is 7.07. The number of aliphatic hydroxyl groups is 1. The maximum absolute atomic E-state index is 12.5. The van der Waals surface area contributed by atoms with Crippen LogP contribution in [0.25, 0.3) is 0 Å². The smallest absolute Gasteiger partial charge is 0.396 e. The Labute approximate surface area is 144 Å². The molecule has 0 saturated carbocycles. The minimum absolute atomic E-state index is 0.0117. The summed E-state index contributed by atoms with van der Waals surface area (Å²) >= 11 is 0. The van der Waals surface area contributed by atoms with Gasteiger partial charge in [0, 0.05) is 6.61 Å². The summed E-state index contributed by atoms with van der Waals surface area (Å²) in [5, 5.41) is 9.44. The van der Waals surface area contributed by atoms with Crippen LogP contribution in [0.2, 0.25) is 0 Å². The maximum Gasteiger partial charge on any atom is 0.570 e.